The van der Waals surface area contributed by atoms with Gasteiger partial charge in [-0.2, -0.15) is 0 Å². The molecular weight excluding hydrogens is 236 g/mol. The molecule has 19 heavy (non-hydrogen) atoms. The van der Waals surface area contributed by atoms with Crippen molar-refractivity contribution in [3.05, 3.63) is 71.8 Å². The zero-order valence-corrected chi connectivity index (χ0v) is 10.8. The van der Waals surface area contributed by atoms with Crippen LogP contribution in [0.4, 0.5) is 0 Å². The highest BCUT2D eigenvalue weighted by atomic mass is 16.6. The third-order valence-corrected chi connectivity index (χ3v) is 3.79. The summed E-state index contributed by atoms with van der Waals surface area (Å²) in [6.45, 7) is 1.95. The minimum absolute atomic E-state index is 0.0936. The molecule has 0 radical (unpaired) electrons. The minimum Gasteiger partial charge on any atom is -0.457 e. The molecule has 0 bridgehead atoms. The highest BCUT2D eigenvalue weighted by Crippen LogP contribution is 2.45. The lowest BCUT2D eigenvalue weighted by Gasteiger charge is -2.20. The van der Waals surface area contributed by atoms with Crippen LogP contribution in [0, 0.1) is 5.92 Å². The maximum atomic E-state index is 11.9. The Morgan fingerprint density at radius 3 is 1.95 bits per heavy atom. The fourth-order valence-corrected chi connectivity index (χ4v) is 2.77. The fourth-order valence-electron chi connectivity index (χ4n) is 2.77. The van der Waals surface area contributed by atoms with Gasteiger partial charge >= 0.3 is 5.97 Å². The second-order valence-electron chi connectivity index (χ2n) is 4.99. The molecule has 3 rings (SSSR count). The minimum atomic E-state index is -0.175. The van der Waals surface area contributed by atoms with Gasteiger partial charge in [-0.1, -0.05) is 67.6 Å². The first-order chi connectivity index (χ1) is 9.27. The second kappa shape index (κ2) is 4.88. The lowest BCUT2D eigenvalue weighted by molar-refractivity contribution is -0.144. The number of ether oxygens (including phenoxy) is 1. The first-order valence-corrected chi connectivity index (χ1v) is 6.58. The van der Waals surface area contributed by atoms with E-state index < -0.39 is 0 Å². The van der Waals surface area contributed by atoms with Gasteiger partial charge in [-0.05, 0) is 11.1 Å². The van der Waals surface area contributed by atoms with Crippen LogP contribution in [0.2, 0.25) is 0 Å². The molecule has 0 aliphatic carbocycles. The van der Waals surface area contributed by atoms with Gasteiger partial charge in [0, 0.05) is 5.92 Å². The molecule has 2 aromatic carbocycles. The zero-order chi connectivity index (χ0) is 13.2. The van der Waals surface area contributed by atoms with Crippen LogP contribution in [0.15, 0.2) is 60.7 Å². The first-order valence-electron chi connectivity index (χ1n) is 6.58. The Hall–Kier alpha value is -2.09. The lowest BCUT2D eigenvalue weighted by atomic mass is 9.83. The Morgan fingerprint density at radius 1 is 0.842 bits per heavy atom. The summed E-state index contributed by atoms with van der Waals surface area (Å²) in [6.07, 6.45) is -0.175. The summed E-state index contributed by atoms with van der Waals surface area (Å²) in [7, 11) is 0. The van der Waals surface area contributed by atoms with Crippen molar-refractivity contribution in [2.45, 2.75) is 18.9 Å². The molecule has 1 fully saturated rings. The molecule has 3 atom stereocenters. The van der Waals surface area contributed by atoms with Gasteiger partial charge in [-0.3, -0.25) is 4.79 Å². The SMILES string of the molecule is C[C@@H]1C(=O)O[C@@H](c2ccccc2)[C@@H]1c1ccccc1. The van der Waals surface area contributed by atoms with Crippen molar-refractivity contribution in [3.8, 4) is 0 Å². The average molecular weight is 252 g/mol. The zero-order valence-electron chi connectivity index (χ0n) is 10.8. The lowest BCUT2D eigenvalue weighted by Crippen LogP contribution is -2.12. The first kappa shape index (κ1) is 12.0. The van der Waals surface area contributed by atoms with Crippen molar-refractivity contribution in [3.63, 3.8) is 0 Å². The predicted molar refractivity (Wildman–Crippen MR) is 73.6 cm³/mol. The average Bonchev–Trinajstić information content (AvgIpc) is 2.77. The van der Waals surface area contributed by atoms with Gasteiger partial charge in [-0.15, -0.1) is 0 Å². The van der Waals surface area contributed by atoms with E-state index in [-0.39, 0.29) is 23.9 Å². The number of hydrogen-bond acceptors (Lipinski definition) is 2. The van der Waals surface area contributed by atoms with Gasteiger partial charge in [0.1, 0.15) is 6.10 Å². The number of hydrogen-bond donors (Lipinski definition) is 0. The van der Waals surface area contributed by atoms with Crippen molar-refractivity contribution in [2.24, 2.45) is 5.92 Å². The van der Waals surface area contributed by atoms with Crippen molar-refractivity contribution < 1.29 is 9.53 Å². The van der Waals surface area contributed by atoms with Gasteiger partial charge in [0.25, 0.3) is 0 Å². The van der Waals surface area contributed by atoms with E-state index >= 15 is 0 Å². The molecule has 0 N–H and O–H groups in total. The summed E-state index contributed by atoms with van der Waals surface area (Å²) >= 11 is 0. The molecule has 1 heterocycles. The van der Waals surface area contributed by atoms with Crippen LogP contribution in [-0.4, -0.2) is 5.97 Å². The third kappa shape index (κ3) is 2.14. The van der Waals surface area contributed by atoms with Crippen molar-refractivity contribution in [2.75, 3.05) is 0 Å². The van der Waals surface area contributed by atoms with Crippen LogP contribution in [0.1, 0.15) is 30.1 Å². The molecule has 0 aromatic heterocycles. The molecule has 2 nitrogen and oxygen atoms in total. The molecule has 0 spiro atoms. The van der Waals surface area contributed by atoms with E-state index in [1.807, 2.05) is 55.5 Å². The van der Waals surface area contributed by atoms with E-state index in [1.165, 1.54) is 0 Å². The standard InChI is InChI=1S/C17H16O2/c1-12-15(13-8-4-2-5-9-13)16(19-17(12)18)14-10-6-3-7-11-14/h2-12,15-16H,1H3/t12-,15-,16-/m0/s1. The van der Waals surface area contributed by atoms with Crippen LogP contribution in [0.3, 0.4) is 0 Å². The molecule has 1 aliphatic heterocycles. The van der Waals surface area contributed by atoms with E-state index in [0.29, 0.717) is 0 Å². The summed E-state index contributed by atoms with van der Waals surface area (Å²) in [5, 5.41) is 0. The molecule has 1 saturated heterocycles. The third-order valence-electron chi connectivity index (χ3n) is 3.79. The van der Waals surface area contributed by atoms with Gasteiger partial charge in [-0.25, -0.2) is 0 Å². The Morgan fingerprint density at radius 2 is 1.37 bits per heavy atom. The van der Waals surface area contributed by atoms with Crippen LogP contribution in [0.25, 0.3) is 0 Å². The maximum absolute atomic E-state index is 11.9. The number of carbonyl (C=O) groups is 1. The smallest absolute Gasteiger partial charge is 0.310 e. The Bertz CT molecular complexity index is 562. The predicted octanol–water partition coefficient (Wildman–Crippen LogP) is 3.70. The van der Waals surface area contributed by atoms with E-state index in [2.05, 4.69) is 12.1 Å². The van der Waals surface area contributed by atoms with Gasteiger partial charge in [0.15, 0.2) is 0 Å². The highest BCUT2D eigenvalue weighted by Gasteiger charge is 2.43. The number of esters is 1. The Kier molecular flexibility index (Phi) is 3.08. The molecule has 0 saturated carbocycles. The molecule has 1 aliphatic rings. The highest BCUT2D eigenvalue weighted by molar-refractivity contribution is 5.76. The van der Waals surface area contributed by atoms with E-state index in [1.54, 1.807) is 0 Å². The Balaban J connectivity index is 2.01. The number of benzene rings is 2. The Labute approximate surface area is 113 Å². The summed E-state index contributed by atoms with van der Waals surface area (Å²) < 4.78 is 5.59. The molecule has 96 valence electrons. The van der Waals surface area contributed by atoms with Gasteiger partial charge in [0.05, 0.1) is 5.92 Å². The number of cyclic esters (lactones) is 1. The van der Waals surface area contributed by atoms with Crippen LogP contribution in [-0.2, 0) is 9.53 Å². The fraction of sp³-hybridized carbons (Fsp3) is 0.235. The summed E-state index contributed by atoms with van der Waals surface area (Å²) in [5.74, 6) is -0.119. The molecular formula is C17H16O2. The summed E-state index contributed by atoms with van der Waals surface area (Å²) in [4.78, 5) is 11.9. The number of carbonyl (C=O) groups excluding carboxylic acids is 1. The summed E-state index contributed by atoms with van der Waals surface area (Å²) in [5.41, 5.74) is 2.23. The maximum Gasteiger partial charge on any atom is 0.310 e. The molecule has 2 heteroatoms. The van der Waals surface area contributed by atoms with Gasteiger partial charge in [0.2, 0.25) is 0 Å². The largest absolute Gasteiger partial charge is 0.457 e. The topological polar surface area (TPSA) is 26.3 Å². The number of rotatable bonds is 2. The summed E-state index contributed by atoms with van der Waals surface area (Å²) in [6, 6.07) is 20.1. The monoisotopic (exact) mass is 252 g/mol. The van der Waals surface area contributed by atoms with Crippen molar-refractivity contribution >= 4 is 5.97 Å². The van der Waals surface area contributed by atoms with E-state index in [9.17, 15) is 4.79 Å². The second-order valence-corrected chi connectivity index (χ2v) is 4.99. The van der Waals surface area contributed by atoms with E-state index in [0.717, 1.165) is 11.1 Å². The molecule has 0 unspecified atom stereocenters. The van der Waals surface area contributed by atoms with Crippen LogP contribution >= 0.6 is 0 Å². The molecule has 2 aromatic rings. The van der Waals surface area contributed by atoms with Crippen LogP contribution < -0.4 is 0 Å². The van der Waals surface area contributed by atoms with Crippen molar-refractivity contribution in [1.82, 2.24) is 0 Å². The van der Waals surface area contributed by atoms with Crippen molar-refractivity contribution in [1.29, 1.82) is 0 Å². The van der Waals surface area contributed by atoms with Gasteiger partial charge < -0.3 is 4.74 Å². The molecule has 0 amide bonds. The quantitative estimate of drug-likeness (QED) is 0.762. The van der Waals surface area contributed by atoms with E-state index in [4.69, 9.17) is 4.74 Å². The van der Waals surface area contributed by atoms with Crippen LogP contribution in [0.5, 0.6) is 0 Å². The normalized spacial score (nSPS) is 26.2.